The van der Waals surface area contributed by atoms with Crippen LogP contribution in [0.4, 0.5) is 0 Å². The van der Waals surface area contributed by atoms with Gasteiger partial charge in [-0.15, -0.1) is 0 Å². The van der Waals surface area contributed by atoms with E-state index in [4.69, 9.17) is 4.52 Å². The highest BCUT2D eigenvalue weighted by atomic mass is 31.2. The summed E-state index contributed by atoms with van der Waals surface area (Å²) in [6, 6.07) is 9.80. The molecule has 0 heterocycles. The molecule has 0 amide bonds. The minimum atomic E-state index is -3.87. The zero-order valence-corrected chi connectivity index (χ0v) is 14.3. The molecule has 0 fully saturated rings. The van der Waals surface area contributed by atoms with Crippen LogP contribution < -0.4 is 9.79 Å². The molecule has 1 aromatic rings. The second kappa shape index (κ2) is 9.37. The van der Waals surface area contributed by atoms with E-state index in [0.717, 1.165) is 36.4 Å². The lowest BCUT2D eigenvalue weighted by molar-refractivity contribution is -0.914. The smallest absolute Gasteiger partial charge is 0.193 e. The Kier molecular flexibility index (Phi) is 8.20. The monoisotopic (exact) mass is 313 g/mol. The molecule has 1 aromatic carbocycles. The fourth-order valence-electron chi connectivity index (χ4n) is 2.69. The van der Waals surface area contributed by atoms with Crippen LogP contribution in [-0.4, -0.2) is 25.5 Å². The van der Waals surface area contributed by atoms with Gasteiger partial charge in [0.25, 0.3) is 0 Å². The van der Waals surface area contributed by atoms with Gasteiger partial charge in [-0.3, -0.25) is 0 Å². The molecule has 0 bridgehead atoms. The quantitative estimate of drug-likeness (QED) is 0.671. The van der Waals surface area contributed by atoms with E-state index >= 15 is 0 Å². The molecule has 0 aliphatic heterocycles. The minimum absolute atomic E-state index is 0.206. The first kappa shape index (κ1) is 18.4. The lowest BCUT2D eigenvalue weighted by Gasteiger charge is -2.37. The Bertz CT molecular complexity index is 432. The molecule has 5 heteroatoms. The Morgan fingerprint density at radius 1 is 1.14 bits per heavy atom. The number of quaternary nitrogens is 1. The lowest BCUT2D eigenvalue weighted by Crippen LogP contribution is -3.16. The third-order valence-corrected chi connectivity index (χ3v) is 5.51. The number of benzene rings is 1. The van der Waals surface area contributed by atoms with Crippen molar-refractivity contribution in [1.29, 1.82) is 0 Å². The molecule has 1 rings (SSSR count). The predicted octanol–water partition coefficient (Wildman–Crippen LogP) is 1.85. The van der Waals surface area contributed by atoms with E-state index in [1.807, 2.05) is 30.3 Å². The van der Waals surface area contributed by atoms with Crippen molar-refractivity contribution >= 4 is 7.60 Å². The van der Waals surface area contributed by atoms with E-state index in [1.54, 1.807) is 6.92 Å². The molecular formula is C16H28NO3P. The van der Waals surface area contributed by atoms with Gasteiger partial charge in [-0.25, -0.2) is 0 Å². The Labute approximate surface area is 128 Å². The molecule has 2 atom stereocenters. The SMILES string of the molecule is CCC[NH+](CCC)C(Cc1ccccc1)P(=O)([O-])OCC. The van der Waals surface area contributed by atoms with E-state index in [2.05, 4.69) is 13.8 Å². The fraction of sp³-hybridized carbons (Fsp3) is 0.625. The van der Waals surface area contributed by atoms with Crippen molar-refractivity contribution < 1.29 is 18.9 Å². The second-order valence-electron chi connectivity index (χ2n) is 5.32. The first-order chi connectivity index (χ1) is 10.0. The van der Waals surface area contributed by atoms with Crippen LogP contribution >= 0.6 is 7.60 Å². The van der Waals surface area contributed by atoms with Crippen molar-refractivity contribution in [2.45, 2.75) is 45.8 Å². The van der Waals surface area contributed by atoms with E-state index in [1.165, 1.54) is 0 Å². The van der Waals surface area contributed by atoms with Crippen molar-refractivity contribution in [1.82, 2.24) is 0 Å². The van der Waals surface area contributed by atoms with E-state index < -0.39 is 13.4 Å². The van der Waals surface area contributed by atoms with Gasteiger partial charge in [0.1, 0.15) is 0 Å². The summed E-state index contributed by atoms with van der Waals surface area (Å²) in [5.41, 5.74) is 1.04. The maximum absolute atomic E-state index is 12.5. The third kappa shape index (κ3) is 5.91. The van der Waals surface area contributed by atoms with Gasteiger partial charge in [0, 0.05) is 6.42 Å². The largest absolute Gasteiger partial charge is 0.774 e. The van der Waals surface area contributed by atoms with Crippen LogP contribution in [0.3, 0.4) is 0 Å². The maximum atomic E-state index is 12.5. The lowest BCUT2D eigenvalue weighted by atomic mass is 10.1. The molecule has 0 radical (unpaired) electrons. The zero-order valence-electron chi connectivity index (χ0n) is 13.4. The molecule has 0 saturated carbocycles. The number of rotatable bonds is 10. The summed E-state index contributed by atoms with van der Waals surface area (Å²) in [4.78, 5) is 13.6. The van der Waals surface area contributed by atoms with Crippen molar-refractivity contribution in [3.8, 4) is 0 Å². The summed E-state index contributed by atoms with van der Waals surface area (Å²) < 4.78 is 17.6. The summed E-state index contributed by atoms with van der Waals surface area (Å²) in [5.74, 6) is -0.500. The molecule has 0 aliphatic carbocycles. The molecule has 0 spiro atoms. The second-order valence-corrected chi connectivity index (χ2v) is 7.28. The summed E-state index contributed by atoms with van der Waals surface area (Å²) >= 11 is 0. The van der Waals surface area contributed by atoms with Crippen molar-refractivity contribution in [3.05, 3.63) is 35.9 Å². The van der Waals surface area contributed by atoms with Crippen LogP contribution in [0, 0.1) is 0 Å². The molecule has 0 saturated heterocycles. The van der Waals surface area contributed by atoms with Crippen LogP contribution in [0.2, 0.25) is 0 Å². The molecule has 21 heavy (non-hydrogen) atoms. The molecule has 1 N–H and O–H groups in total. The minimum Gasteiger partial charge on any atom is -0.774 e. The summed E-state index contributed by atoms with van der Waals surface area (Å²) in [6.07, 6.45) is 2.44. The Morgan fingerprint density at radius 2 is 1.71 bits per heavy atom. The number of nitrogens with one attached hydrogen (secondary N) is 1. The van der Waals surface area contributed by atoms with Crippen LogP contribution in [-0.2, 0) is 15.5 Å². The van der Waals surface area contributed by atoms with Gasteiger partial charge >= 0.3 is 0 Å². The number of hydrogen-bond donors (Lipinski definition) is 1. The Morgan fingerprint density at radius 3 is 2.19 bits per heavy atom. The van der Waals surface area contributed by atoms with Crippen molar-refractivity contribution in [2.75, 3.05) is 19.7 Å². The van der Waals surface area contributed by atoms with Gasteiger partial charge in [-0.2, -0.15) is 0 Å². The Balaban J connectivity index is 3.00. The summed E-state index contributed by atoms with van der Waals surface area (Å²) in [6.45, 7) is 7.81. The highest BCUT2D eigenvalue weighted by Crippen LogP contribution is 2.41. The normalized spacial score (nSPS) is 15.9. The Hall–Kier alpha value is -0.670. The predicted molar refractivity (Wildman–Crippen MR) is 84.4 cm³/mol. The van der Waals surface area contributed by atoms with Gasteiger partial charge in [0.15, 0.2) is 13.4 Å². The maximum Gasteiger partial charge on any atom is 0.193 e. The van der Waals surface area contributed by atoms with Crippen LogP contribution in [0.25, 0.3) is 0 Å². The third-order valence-electron chi connectivity index (χ3n) is 3.58. The molecular weight excluding hydrogens is 285 g/mol. The van der Waals surface area contributed by atoms with E-state index in [9.17, 15) is 9.46 Å². The first-order valence-electron chi connectivity index (χ1n) is 7.88. The van der Waals surface area contributed by atoms with Crippen molar-refractivity contribution in [2.24, 2.45) is 0 Å². The van der Waals surface area contributed by atoms with Gasteiger partial charge in [-0.1, -0.05) is 44.2 Å². The van der Waals surface area contributed by atoms with E-state index in [-0.39, 0.29) is 6.61 Å². The van der Waals surface area contributed by atoms with Gasteiger partial charge < -0.3 is 18.9 Å². The molecule has 0 aromatic heterocycles. The van der Waals surface area contributed by atoms with Gasteiger partial charge in [0.05, 0.1) is 19.7 Å². The average Bonchev–Trinajstić information content (AvgIpc) is 2.45. The van der Waals surface area contributed by atoms with Crippen LogP contribution in [0.5, 0.6) is 0 Å². The number of hydrogen-bond acceptors (Lipinski definition) is 3. The molecule has 2 unspecified atom stereocenters. The molecule has 4 nitrogen and oxygen atoms in total. The van der Waals surface area contributed by atoms with Gasteiger partial charge in [-0.05, 0) is 25.3 Å². The van der Waals surface area contributed by atoms with Crippen LogP contribution in [0.1, 0.15) is 39.2 Å². The zero-order chi connectivity index (χ0) is 15.7. The van der Waals surface area contributed by atoms with Gasteiger partial charge in [0.2, 0.25) is 0 Å². The van der Waals surface area contributed by atoms with Crippen LogP contribution in [0.15, 0.2) is 30.3 Å². The summed E-state index contributed by atoms with van der Waals surface area (Å²) in [5, 5.41) is 0. The molecule has 0 aliphatic rings. The van der Waals surface area contributed by atoms with Crippen molar-refractivity contribution in [3.63, 3.8) is 0 Å². The standard InChI is InChI=1S/C16H28NO3P/c1-4-12-17(13-5-2)16(21(18,19)20-6-3)14-15-10-8-7-9-11-15/h7-11,16H,4-6,12-14H2,1-3H3,(H,18,19). The highest BCUT2D eigenvalue weighted by Gasteiger charge is 2.32. The van der Waals surface area contributed by atoms with E-state index in [0.29, 0.717) is 6.42 Å². The highest BCUT2D eigenvalue weighted by molar-refractivity contribution is 7.51. The topological polar surface area (TPSA) is 53.8 Å². The fourth-order valence-corrected chi connectivity index (χ4v) is 4.37. The average molecular weight is 313 g/mol. The summed E-state index contributed by atoms with van der Waals surface area (Å²) in [7, 11) is -3.87. The first-order valence-corrected chi connectivity index (χ1v) is 9.50. The molecule has 120 valence electrons.